The first-order valence-corrected chi connectivity index (χ1v) is 6.55. The third-order valence-corrected chi connectivity index (χ3v) is 3.80. The quantitative estimate of drug-likeness (QED) is 0.851. The van der Waals surface area contributed by atoms with Crippen molar-refractivity contribution in [2.75, 3.05) is 20.1 Å². The number of pyridine rings is 1. The lowest BCUT2D eigenvalue weighted by Gasteiger charge is -2.31. The second-order valence-electron chi connectivity index (χ2n) is 5.18. The Morgan fingerprint density at radius 3 is 2.88 bits per heavy atom. The molecular formula is C14H23N3. The zero-order valence-corrected chi connectivity index (χ0v) is 10.9. The molecule has 2 heterocycles. The van der Waals surface area contributed by atoms with E-state index in [1.54, 1.807) is 0 Å². The maximum Gasteiger partial charge on any atom is 0.0578 e. The molecule has 3 heteroatoms. The van der Waals surface area contributed by atoms with Crippen LogP contribution in [-0.4, -0.2) is 30.0 Å². The average molecular weight is 233 g/mol. The van der Waals surface area contributed by atoms with Crippen LogP contribution in [0, 0.1) is 12.8 Å². The van der Waals surface area contributed by atoms with E-state index in [0.29, 0.717) is 12.0 Å². The van der Waals surface area contributed by atoms with E-state index in [9.17, 15) is 0 Å². The third kappa shape index (κ3) is 2.85. The van der Waals surface area contributed by atoms with Gasteiger partial charge in [-0.3, -0.25) is 9.88 Å². The first-order valence-electron chi connectivity index (χ1n) is 6.55. The molecule has 0 aromatic carbocycles. The van der Waals surface area contributed by atoms with Gasteiger partial charge in [0, 0.05) is 6.20 Å². The number of rotatable bonds is 2. The van der Waals surface area contributed by atoms with Crippen LogP contribution in [0.25, 0.3) is 0 Å². The molecule has 2 N–H and O–H groups in total. The van der Waals surface area contributed by atoms with Crippen LogP contribution in [0.5, 0.6) is 0 Å². The standard InChI is InChI=1S/C14H23N3/c1-11-6-7-13(16-10-11)14-12(9-15)5-3-4-8-17(14)2/h6-7,10,12,14H,3-5,8-9,15H2,1-2H3. The molecule has 1 aromatic rings. The third-order valence-electron chi connectivity index (χ3n) is 3.80. The van der Waals surface area contributed by atoms with Crippen LogP contribution in [0.2, 0.25) is 0 Å². The zero-order valence-electron chi connectivity index (χ0n) is 10.9. The number of nitrogens with zero attached hydrogens (tertiary/aromatic N) is 2. The second-order valence-corrected chi connectivity index (χ2v) is 5.18. The summed E-state index contributed by atoms with van der Waals surface area (Å²) >= 11 is 0. The van der Waals surface area contributed by atoms with E-state index in [0.717, 1.165) is 13.1 Å². The lowest BCUT2D eigenvalue weighted by atomic mass is 9.92. The fourth-order valence-electron chi connectivity index (χ4n) is 2.79. The maximum absolute atomic E-state index is 5.94. The summed E-state index contributed by atoms with van der Waals surface area (Å²) in [5, 5.41) is 0. The largest absolute Gasteiger partial charge is 0.330 e. The molecule has 94 valence electrons. The molecule has 3 nitrogen and oxygen atoms in total. The summed E-state index contributed by atoms with van der Waals surface area (Å²) in [6.45, 7) is 3.98. The summed E-state index contributed by atoms with van der Waals surface area (Å²) in [4.78, 5) is 7.01. The summed E-state index contributed by atoms with van der Waals surface area (Å²) in [6.07, 6.45) is 5.74. The molecule has 1 aromatic heterocycles. The molecule has 2 atom stereocenters. The highest BCUT2D eigenvalue weighted by molar-refractivity contribution is 5.16. The molecule has 0 radical (unpaired) electrons. The minimum absolute atomic E-state index is 0.392. The van der Waals surface area contributed by atoms with Crippen molar-refractivity contribution in [3.05, 3.63) is 29.6 Å². The fourth-order valence-corrected chi connectivity index (χ4v) is 2.79. The Labute approximate surface area is 104 Å². The number of hydrogen-bond donors (Lipinski definition) is 1. The molecule has 0 spiro atoms. The van der Waals surface area contributed by atoms with Gasteiger partial charge in [0.05, 0.1) is 11.7 Å². The van der Waals surface area contributed by atoms with Crippen LogP contribution in [0.4, 0.5) is 0 Å². The van der Waals surface area contributed by atoms with Crippen LogP contribution < -0.4 is 5.73 Å². The van der Waals surface area contributed by atoms with Crippen molar-refractivity contribution in [2.45, 2.75) is 32.2 Å². The Hall–Kier alpha value is -0.930. The van der Waals surface area contributed by atoms with E-state index in [1.807, 2.05) is 6.20 Å². The highest BCUT2D eigenvalue weighted by Gasteiger charge is 2.28. The SMILES string of the molecule is Cc1ccc(C2C(CN)CCCCN2C)nc1. The van der Waals surface area contributed by atoms with Gasteiger partial charge in [-0.05, 0) is 57.5 Å². The predicted octanol–water partition coefficient (Wildman–Crippen LogP) is 2.12. The van der Waals surface area contributed by atoms with E-state index in [-0.39, 0.29) is 0 Å². The molecule has 2 unspecified atom stereocenters. The van der Waals surface area contributed by atoms with Gasteiger partial charge in [0.15, 0.2) is 0 Å². The molecule has 2 rings (SSSR count). The first-order chi connectivity index (χ1) is 8.22. The summed E-state index contributed by atoms with van der Waals surface area (Å²) in [6, 6.07) is 4.70. The molecule has 0 amide bonds. The normalized spacial score (nSPS) is 26.8. The van der Waals surface area contributed by atoms with Crippen LogP contribution in [0.1, 0.15) is 36.6 Å². The van der Waals surface area contributed by atoms with E-state index >= 15 is 0 Å². The van der Waals surface area contributed by atoms with E-state index in [1.165, 1.54) is 30.5 Å². The molecule has 1 saturated heterocycles. The molecule has 0 saturated carbocycles. The average Bonchev–Trinajstić information content (AvgIpc) is 2.52. The summed E-state index contributed by atoms with van der Waals surface area (Å²) in [7, 11) is 2.19. The van der Waals surface area contributed by atoms with E-state index in [4.69, 9.17) is 5.73 Å². The van der Waals surface area contributed by atoms with Crippen LogP contribution in [0.15, 0.2) is 18.3 Å². The molecule has 1 aliphatic rings. The summed E-state index contributed by atoms with van der Waals surface area (Å²) in [5.41, 5.74) is 8.33. The fraction of sp³-hybridized carbons (Fsp3) is 0.643. The number of aryl methyl sites for hydroxylation is 1. The molecule has 0 bridgehead atoms. The Morgan fingerprint density at radius 1 is 1.41 bits per heavy atom. The highest BCUT2D eigenvalue weighted by atomic mass is 15.1. The van der Waals surface area contributed by atoms with Crippen molar-refractivity contribution in [2.24, 2.45) is 11.7 Å². The van der Waals surface area contributed by atoms with Crippen LogP contribution in [-0.2, 0) is 0 Å². The van der Waals surface area contributed by atoms with Gasteiger partial charge in [0.2, 0.25) is 0 Å². The zero-order chi connectivity index (χ0) is 12.3. The van der Waals surface area contributed by atoms with E-state index in [2.05, 4.69) is 36.0 Å². The lowest BCUT2D eigenvalue weighted by molar-refractivity contribution is 0.191. The van der Waals surface area contributed by atoms with Crippen molar-refractivity contribution in [1.82, 2.24) is 9.88 Å². The van der Waals surface area contributed by atoms with Crippen LogP contribution >= 0.6 is 0 Å². The smallest absolute Gasteiger partial charge is 0.0578 e. The number of nitrogens with two attached hydrogens (primary N) is 1. The molecule has 17 heavy (non-hydrogen) atoms. The summed E-state index contributed by atoms with van der Waals surface area (Å²) < 4.78 is 0. The maximum atomic E-state index is 5.94. The van der Waals surface area contributed by atoms with Crippen LogP contribution in [0.3, 0.4) is 0 Å². The Kier molecular flexibility index (Phi) is 4.13. The highest BCUT2D eigenvalue weighted by Crippen LogP contribution is 2.32. The van der Waals surface area contributed by atoms with Crippen molar-refractivity contribution >= 4 is 0 Å². The van der Waals surface area contributed by atoms with Gasteiger partial charge in [-0.1, -0.05) is 12.5 Å². The number of likely N-dealkylation sites (tertiary alicyclic amines) is 1. The molecule has 0 aliphatic carbocycles. The number of hydrogen-bond acceptors (Lipinski definition) is 3. The lowest BCUT2D eigenvalue weighted by Crippen LogP contribution is -2.33. The molecular weight excluding hydrogens is 210 g/mol. The van der Waals surface area contributed by atoms with Crippen molar-refractivity contribution < 1.29 is 0 Å². The van der Waals surface area contributed by atoms with Crippen molar-refractivity contribution in [1.29, 1.82) is 0 Å². The van der Waals surface area contributed by atoms with Gasteiger partial charge < -0.3 is 5.73 Å². The van der Waals surface area contributed by atoms with Gasteiger partial charge in [-0.2, -0.15) is 0 Å². The Balaban J connectivity index is 2.26. The van der Waals surface area contributed by atoms with Gasteiger partial charge in [-0.25, -0.2) is 0 Å². The Bertz CT molecular complexity index is 347. The first kappa shape index (κ1) is 12.5. The Morgan fingerprint density at radius 2 is 2.24 bits per heavy atom. The van der Waals surface area contributed by atoms with E-state index < -0.39 is 0 Å². The van der Waals surface area contributed by atoms with Gasteiger partial charge in [0.25, 0.3) is 0 Å². The van der Waals surface area contributed by atoms with Gasteiger partial charge >= 0.3 is 0 Å². The minimum Gasteiger partial charge on any atom is -0.330 e. The predicted molar refractivity (Wildman–Crippen MR) is 70.7 cm³/mol. The summed E-state index contributed by atoms with van der Waals surface area (Å²) in [5.74, 6) is 0.540. The molecule has 1 aliphatic heterocycles. The monoisotopic (exact) mass is 233 g/mol. The second kappa shape index (κ2) is 5.61. The minimum atomic E-state index is 0.392. The van der Waals surface area contributed by atoms with Crippen molar-refractivity contribution in [3.8, 4) is 0 Å². The number of aromatic nitrogens is 1. The van der Waals surface area contributed by atoms with Gasteiger partial charge in [-0.15, -0.1) is 0 Å². The van der Waals surface area contributed by atoms with Gasteiger partial charge in [0.1, 0.15) is 0 Å². The van der Waals surface area contributed by atoms with Crippen molar-refractivity contribution in [3.63, 3.8) is 0 Å². The topological polar surface area (TPSA) is 42.1 Å². The molecule has 1 fully saturated rings.